The number of hydrogen-bond acceptors (Lipinski definition) is 7. The average molecular weight is 274 g/mol. The largest absolute Gasteiger partial charge is 0.424 e. The minimum absolute atomic E-state index is 0.206. The molecule has 0 spiro atoms. The van der Waals surface area contributed by atoms with Gasteiger partial charge in [0, 0.05) is 14.1 Å². The summed E-state index contributed by atoms with van der Waals surface area (Å²) < 4.78 is 5.75. The number of ether oxygens (including phenoxy) is 1. The second-order valence-corrected chi connectivity index (χ2v) is 4.34. The fourth-order valence-electron chi connectivity index (χ4n) is 1.65. The number of nitrogen functional groups attached to an aromatic ring is 1. The molecule has 0 radical (unpaired) electrons. The molecule has 0 atom stereocenters. The highest BCUT2D eigenvalue weighted by atomic mass is 16.5. The summed E-state index contributed by atoms with van der Waals surface area (Å²) in [6.07, 6.45) is 0.865. The van der Waals surface area contributed by atoms with E-state index in [4.69, 9.17) is 10.6 Å². The van der Waals surface area contributed by atoms with Crippen LogP contribution in [0.4, 0.5) is 11.9 Å². The van der Waals surface area contributed by atoms with E-state index in [1.165, 1.54) is 0 Å². The molecule has 0 aliphatic rings. The molecular weight excluding hydrogens is 256 g/mol. The Morgan fingerprint density at radius 3 is 2.60 bits per heavy atom. The van der Waals surface area contributed by atoms with E-state index in [0.717, 1.165) is 17.7 Å². The molecule has 0 amide bonds. The van der Waals surface area contributed by atoms with Crippen LogP contribution in [0.1, 0.15) is 12.5 Å². The number of nitrogens with one attached hydrogen (secondary N) is 1. The van der Waals surface area contributed by atoms with Crippen molar-refractivity contribution in [1.82, 2.24) is 15.0 Å². The number of nitrogens with zero attached hydrogens (tertiary/aromatic N) is 4. The smallest absolute Gasteiger partial charge is 0.328 e. The Bertz CT molecular complexity index is 587. The lowest BCUT2D eigenvalue weighted by Gasteiger charge is -2.13. The van der Waals surface area contributed by atoms with Gasteiger partial charge in [-0.25, -0.2) is 5.84 Å². The number of hydrazine groups is 1. The third-order valence-corrected chi connectivity index (χ3v) is 2.69. The van der Waals surface area contributed by atoms with Gasteiger partial charge in [-0.2, -0.15) is 15.0 Å². The maximum absolute atomic E-state index is 5.75. The van der Waals surface area contributed by atoms with Gasteiger partial charge in [0.15, 0.2) is 0 Å². The highest BCUT2D eigenvalue weighted by Gasteiger charge is 2.10. The molecule has 1 aromatic heterocycles. The Kier molecular flexibility index (Phi) is 4.31. The number of nitrogens with two attached hydrogens (primary N) is 1. The number of para-hydroxylation sites is 1. The molecule has 106 valence electrons. The number of anilines is 2. The molecule has 2 rings (SSSR count). The van der Waals surface area contributed by atoms with E-state index in [9.17, 15) is 0 Å². The molecule has 0 bridgehead atoms. The van der Waals surface area contributed by atoms with E-state index in [1.54, 1.807) is 4.90 Å². The molecule has 7 heteroatoms. The van der Waals surface area contributed by atoms with E-state index in [-0.39, 0.29) is 12.0 Å². The van der Waals surface area contributed by atoms with Crippen LogP contribution in [0, 0.1) is 0 Å². The average Bonchev–Trinajstić information content (AvgIpc) is 2.47. The van der Waals surface area contributed by atoms with Gasteiger partial charge in [-0.1, -0.05) is 25.1 Å². The molecule has 3 N–H and O–H groups in total. The predicted octanol–water partition coefficient (Wildman–Crippen LogP) is 1.58. The van der Waals surface area contributed by atoms with Gasteiger partial charge in [0.25, 0.3) is 0 Å². The van der Waals surface area contributed by atoms with E-state index >= 15 is 0 Å². The van der Waals surface area contributed by atoms with Gasteiger partial charge < -0.3 is 9.64 Å². The van der Waals surface area contributed by atoms with Gasteiger partial charge in [0.1, 0.15) is 5.75 Å². The van der Waals surface area contributed by atoms with Crippen molar-refractivity contribution in [3.8, 4) is 11.8 Å². The molecule has 20 heavy (non-hydrogen) atoms. The van der Waals surface area contributed by atoms with Crippen LogP contribution >= 0.6 is 0 Å². The van der Waals surface area contributed by atoms with Crippen molar-refractivity contribution in [2.45, 2.75) is 13.3 Å². The summed E-state index contributed by atoms with van der Waals surface area (Å²) in [5.74, 6) is 6.82. The van der Waals surface area contributed by atoms with Gasteiger partial charge in [0.05, 0.1) is 0 Å². The summed E-state index contributed by atoms with van der Waals surface area (Å²) in [6.45, 7) is 2.06. The molecule has 0 saturated carbocycles. The SMILES string of the molecule is CCc1ccccc1Oc1nc(NN)nc(N(C)C)n1. The highest BCUT2D eigenvalue weighted by molar-refractivity contribution is 5.39. The summed E-state index contributed by atoms with van der Waals surface area (Å²) in [4.78, 5) is 14.2. The monoisotopic (exact) mass is 274 g/mol. The first kappa shape index (κ1) is 14.0. The normalized spacial score (nSPS) is 10.2. The first-order valence-corrected chi connectivity index (χ1v) is 6.29. The Hall–Kier alpha value is -2.41. The molecule has 1 aromatic carbocycles. The van der Waals surface area contributed by atoms with Crippen LogP contribution in [0.25, 0.3) is 0 Å². The zero-order valence-electron chi connectivity index (χ0n) is 11.8. The maximum atomic E-state index is 5.75. The summed E-state index contributed by atoms with van der Waals surface area (Å²) >= 11 is 0. The van der Waals surface area contributed by atoms with Crippen LogP contribution in [-0.2, 0) is 6.42 Å². The lowest BCUT2D eigenvalue weighted by molar-refractivity contribution is 0.436. The van der Waals surface area contributed by atoms with E-state index in [2.05, 4.69) is 27.3 Å². The lowest BCUT2D eigenvalue weighted by atomic mass is 10.1. The quantitative estimate of drug-likeness (QED) is 0.632. The highest BCUT2D eigenvalue weighted by Crippen LogP contribution is 2.24. The van der Waals surface area contributed by atoms with Crippen LogP contribution in [0.2, 0.25) is 0 Å². The number of benzene rings is 1. The predicted molar refractivity (Wildman–Crippen MR) is 77.9 cm³/mol. The first-order valence-electron chi connectivity index (χ1n) is 6.29. The summed E-state index contributed by atoms with van der Waals surface area (Å²) in [6, 6.07) is 7.97. The lowest BCUT2D eigenvalue weighted by Crippen LogP contribution is -2.17. The van der Waals surface area contributed by atoms with Crippen LogP contribution < -0.4 is 20.9 Å². The second kappa shape index (κ2) is 6.16. The number of rotatable bonds is 5. The summed E-state index contributed by atoms with van der Waals surface area (Å²) in [7, 11) is 3.67. The molecular formula is C13H18N6O. The number of hydrogen-bond donors (Lipinski definition) is 2. The van der Waals surface area contributed by atoms with Gasteiger partial charge in [-0.3, -0.25) is 5.43 Å². The van der Waals surface area contributed by atoms with Crippen molar-refractivity contribution < 1.29 is 4.74 Å². The van der Waals surface area contributed by atoms with Crippen molar-refractivity contribution in [2.24, 2.45) is 5.84 Å². The van der Waals surface area contributed by atoms with Crippen molar-refractivity contribution in [3.63, 3.8) is 0 Å². The van der Waals surface area contributed by atoms with Crippen molar-refractivity contribution in [2.75, 3.05) is 24.4 Å². The Morgan fingerprint density at radius 2 is 1.95 bits per heavy atom. The van der Waals surface area contributed by atoms with Crippen LogP contribution in [0.5, 0.6) is 11.8 Å². The number of aromatic nitrogens is 3. The van der Waals surface area contributed by atoms with Gasteiger partial charge in [0.2, 0.25) is 11.9 Å². The van der Waals surface area contributed by atoms with E-state index in [0.29, 0.717) is 5.95 Å². The molecule has 0 fully saturated rings. The molecule has 0 aliphatic heterocycles. The Morgan fingerprint density at radius 1 is 1.20 bits per heavy atom. The van der Waals surface area contributed by atoms with Crippen LogP contribution in [0.15, 0.2) is 24.3 Å². The summed E-state index contributed by atoms with van der Waals surface area (Å²) in [5, 5.41) is 0. The van der Waals surface area contributed by atoms with Gasteiger partial charge in [-0.15, -0.1) is 0 Å². The standard InChI is InChI=1S/C13H18N6O/c1-4-9-7-5-6-8-10(9)20-13-16-11(18-14)15-12(17-13)19(2)3/h5-8H,4,14H2,1-3H3,(H,15,16,17,18). The van der Waals surface area contributed by atoms with Crippen molar-refractivity contribution >= 4 is 11.9 Å². The molecule has 0 saturated heterocycles. The Labute approximate surface area is 117 Å². The first-order chi connectivity index (χ1) is 9.63. The molecule has 7 nitrogen and oxygen atoms in total. The van der Waals surface area contributed by atoms with E-state index in [1.807, 2.05) is 38.4 Å². The zero-order valence-corrected chi connectivity index (χ0v) is 11.8. The van der Waals surface area contributed by atoms with E-state index < -0.39 is 0 Å². The zero-order chi connectivity index (χ0) is 14.5. The topological polar surface area (TPSA) is 89.2 Å². The van der Waals surface area contributed by atoms with Gasteiger partial charge >= 0.3 is 6.01 Å². The fraction of sp³-hybridized carbons (Fsp3) is 0.308. The molecule has 2 aromatic rings. The van der Waals surface area contributed by atoms with Crippen molar-refractivity contribution in [1.29, 1.82) is 0 Å². The van der Waals surface area contributed by atoms with Crippen LogP contribution in [0.3, 0.4) is 0 Å². The Balaban J connectivity index is 2.35. The van der Waals surface area contributed by atoms with Crippen molar-refractivity contribution in [3.05, 3.63) is 29.8 Å². The summed E-state index contributed by atoms with van der Waals surface area (Å²) in [5.41, 5.74) is 3.49. The third-order valence-electron chi connectivity index (χ3n) is 2.69. The minimum atomic E-state index is 0.206. The fourth-order valence-corrected chi connectivity index (χ4v) is 1.65. The molecule has 0 unspecified atom stereocenters. The maximum Gasteiger partial charge on any atom is 0.328 e. The second-order valence-electron chi connectivity index (χ2n) is 4.34. The molecule has 1 heterocycles. The van der Waals surface area contributed by atoms with Gasteiger partial charge in [-0.05, 0) is 18.1 Å². The minimum Gasteiger partial charge on any atom is -0.424 e. The molecule has 0 aliphatic carbocycles. The third kappa shape index (κ3) is 3.12. The number of aryl methyl sites for hydroxylation is 1. The van der Waals surface area contributed by atoms with Crippen LogP contribution in [-0.4, -0.2) is 29.0 Å².